The lowest BCUT2D eigenvalue weighted by molar-refractivity contribution is 0.129. The minimum Gasteiger partial charge on any atom is -0.329 e. The molecule has 1 aliphatic carbocycles. The van der Waals surface area contributed by atoms with E-state index >= 15 is 0 Å². The minimum absolute atomic E-state index is 0.230. The van der Waals surface area contributed by atoms with Crippen LogP contribution in [0.25, 0.3) is 0 Å². The second-order valence-electron chi connectivity index (χ2n) is 5.77. The van der Waals surface area contributed by atoms with E-state index < -0.39 is 0 Å². The fourth-order valence-electron chi connectivity index (χ4n) is 3.12. The lowest BCUT2D eigenvalue weighted by atomic mass is 9.94. The summed E-state index contributed by atoms with van der Waals surface area (Å²) in [6, 6.07) is 6.12. The Hall–Kier alpha value is -0.930. The molecule has 1 aromatic rings. The molecule has 3 nitrogen and oxygen atoms in total. The van der Waals surface area contributed by atoms with Gasteiger partial charge in [0.05, 0.1) is 0 Å². The van der Waals surface area contributed by atoms with E-state index in [0.717, 1.165) is 25.4 Å². The minimum atomic E-state index is 0.230. The Morgan fingerprint density at radius 2 is 2.33 bits per heavy atom. The maximum Gasteiger partial charge on any atom is 0.0416 e. The predicted octanol–water partition coefficient (Wildman–Crippen LogP) is 2.07. The first-order valence-electron chi connectivity index (χ1n) is 6.97. The van der Waals surface area contributed by atoms with Gasteiger partial charge in [-0.25, -0.2) is 0 Å². The van der Waals surface area contributed by atoms with Crippen molar-refractivity contribution < 1.29 is 0 Å². The van der Waals surface area contributed by atoms with Gasteiger partial charge in [0, 0.05) is 36.9 Å². The van der Waals surface area contributed by atoms with Crippen LogP contribution in [0.3, 0.4) is 0 Å². The van der Waals surface area contributed by atoms with Crippen molar-refractivity contribution in [1.29, 1.82) is 0 Å². The van der Waals surface area contributed by atoms with Gasteiger partial charge in [0.25, 0.3) is 0 Å². The van der Waals surface area contributed by atoms with E-state index in [1.807, 2.05) is 12.3 Å². The fourth-order valence-corrected chi connectivity index (χ4v) is 3.12. The Labute approximate surface area is 110 Å². The van der Waals surface area contributed by atoms with Crippen LogP contribution in [0.15, 0.2) is 24.4 Å². The third-order valence-electron chi connectivity index (χ3n) is 4.45. The average molecular weight is 247 g/mol. The molecule has 1 saturated carbocycles. The summed E-state index contributed by atoms with van der Waals surface area (Å²) in [5.41, 5.74) is 7.44. The normalized spacial score (nSPS) is 27.9. The van der Waals surface area contributed by atoms with E-state index in [9.17, 15) is 0 Å². The van der Waals surface area contributed by atoms with Crippen molar-refractivity contribution in [3.63, 3.8) is 0 Å². The molecular weight excluding hydrogens is 222 g/mol. The third-order valence-corrected chi connectivity index (χ3v) is 4.45. The van der Waals surface area contributed by atoms with Gasteiger partial charge in [-0.15, -0.1) is 0 Å². The molecule has 0 aliphatic heterocycles. The van der Waals surface area contributed by atoms with Crippen molar-refractivity contribution >= 4 is 0 Å². The van der Waals surface area contributed by atoms with E-state index in [2.05, 4.69) is 36.0 Å². The average Bonchev–Trinajstić information content (AvgIpc) is 2.80. The molecule has 2 atom stereocenters. The summed E-state index contributed by atoms with van der Waals surface area (Å²) in [6.07, 6.45) is 6.66. The number of nitrogens with two attached hydrogens (primary N) is 1. The van der Waals surface area contributed by atoms with E-state index in [-0.39, 0.29) is 5.54 Å². The molecular formula is C15H25N3. The first-order valence-corrected chi connectivity index (χ1v) is 6.97. The van der Waals surface area contributed by atoms with E-state index in [1.54, 1.807) is 0 Å². The van der Waals surface area contributed by atoms with Crippen molar-refractivity contribution in [2.24, 2.45) is 11.7 Å². The van der Waals surface area contributed by atoms with Gasteiger partial charge in [-0.1, -0.05) is 13.0 Å². The maximum atomic E-state index is 6.04. The summed E-state index contributed by atoms with van der Waals surface area (Å²) in [7, 11) is 2.22. The maximum absolute atomic E-state index is 6.04. The SMILES string of the molecule is CC1CCC(CN)(N(C)CCc2ccccn2)C1. The van der Waals surface area contributed by atoms with Gasteiger partial charge in [0.2, 0.25) is 0 Å². The zero-order valence-electron chi connectivity index (χ0n) is 11.6. The molecule has 1 aliphatic rings. The molecule has 0 bridgehead atoms. The monoisotopic (exact) mass is 247 g/mol. The van der Waals surface area contributed by atoms with Gasteiger partial charge in [0.1, 0.15) is 0 Å². The number of likely N-dealkylation sites (N-methyl/N-ethyl adjacent to an activating group) is 1. The molecule has 1 fully saturated rings. The highest BCUT2D eigenvalue weighted by Crippen LogP contribution is 2.37. The second kappa shape index (κ2) is 5.81. The molecule has 2 rings (SSSR count). The topological polar surface area (TPSA) is 42.1 Å². The van der Waals surface area contributed by atoms with Crippen LogP contribution in [0, 0.1) is 5.92 Å². The van der Waals surface area contributed by atoms with Crippen LogP contribution in [-0.4, -0.2) is 35.6 Å². The molecule has 0 spiro atoms. The lowest BCUT2D eigenvalue weighted by Gasteiger charge is -2.38. The highest BCUT2D eigenvalue weighted by Gasteiger charge is 2.39. The first-order chi connectivity index (χ1) is 8.66. The molecule has 2 unspecified atom stereocenters. The summed E-state index contributed by atoms with van der Waals surface area (Å²) >= 11 is 0. The predicted molar refractivity (Wildman–Crippen MR) is 75.4 cm³/mol. The molecule has 2 N–H and O–H groups in total. The van der Waals surface area contributed by atoms with E-state index in [1.165, 1.54) is 25.0 Å². The number of rotatable bonds is 5. The summed E-state index contributed by atoms with van der Waals surface area (Å²) < 4.78 is 0. The van der Waals surface area contributed by atoms with Gasteiger partial charge in [-0.05, 0) is 44.4 Å². The van der Waals surface area contributed by atoms with Gasteiger partial charge < -0.3 is 5.73 Å². The van der Waals surface area contributed by atoms with Gasteiger partial charge in [-0.3, -0.25) is 9.88 Å². The first kappa shape index (κ1) is 13.5. The van der Waals surface area contributed by atoms with Crippen molar-refractivity contribution in [2.45, 2.75) is 38.1 Å². The molecule has 0 amide bonds. The van der Waals surface area contributed by atoms with Gasteiger partial charge >= 0.3 is 0 Å². The molecule has 0 radical (unpaired) electrons. The van der Waals surface area contributed by atoms with Crippen LogP contribution in [0.2, 0.25) is 0 Å². The number of nitrogens with zero attached hydrogens (tertiary/aromatic N) is 2. The Morgan fingerprint density at radius 3 is 2.89 bits per heavy atom. The number of pyridine rings is 1. The quantitative estimate of drug-likeness (QED) is 0.866. The smallest absolute Gasteiger partial charge is 0.0416 e. The summed E-state index contributed by atoms with van der Waals surface area (Å²) in [4.78, 5) is 6.85. The highest BCUT2D eigenvalue weighted by atomic mass is 15.2. The largest absolute Gasteiger partial charge is 0.329 e. The van der Waals surface area contributed by atoms with Crippen molar-refractivity contribution in [3.8, 4) is 0 Å². The fraction of sp³-hybridized carbons (Fsp3) is 0.667. The Kier molecular flexibility index (Phi) is 4.36. The lowest BCUT2D eigenvalue weighted by Crippen LogP contribution is -2.51. The Morgan fingerprint density at radius 1 is 1.50 bits per heavy atom. The van der Waals surface area contributed by atoms with Gasteiger partial charge in [0.15, 0.2) is 0 Å². The van der Waals surface area contributed by atoms with Crippen molar-refractivity contribution in [3.05, 3.63) is 30.1 Å². The molecule has 18 heavy (non-hydrogen) atoms. The van der Waals surface area contributed by atoms with Crippen LogP contribution < -0.4 is 5.73 Å². The van der Waals surface area contributed by atoms with E-state index in [4.69, 9.17) is 5.73 Å². The third kappa shape index (κ3) is 2.90. The Bertz CT molecular complexity index is 365. The molecule has 0 aromatic carbocycles. The van der Waals surface area contributed by atoms with Crippen LogP contribution in [0.5, 0.6) is 0 Å². The molecule has 100 valence electrons. The van der Waals surface area contributed by atoms with Crippen LogP contribution >= 0.6 is 0 Å². The van der Waals surface area contributed by atoms with Crippen molar-refractivity contribution in [1.82, 2.24) is 9.88 Å². The summed E-state index contributed by atoms with van der Waals surface area (Å²) in [6.45, 7) is 4.15. The summed E-state index contributed by atoms with van der Waals surface area (Å²) in [5, 5.41) is 0. The molecule has 1 aromatic heterocycles. The van der Waals surface area contributed by atoms with Crippen molar-refractivity contribution in [2.75, 3.05) is 20.1 Å². The number of hydrogen-bond acceptors (Lipinski definition) is 3. The van der Waals surface area contributed by atoms with Gasteiger partial charge in [-0.2, -0.15) is 0 Å². The highest BCUT2D eigenvalue weighted by molar-refractivity contribution is 5.05. The van der Waals surface area contributed by atoms with E-state index in [0.29, 0.717) is 0 Å². The molecule has 3 heteroatoms. The standard InChI is InChI=1S/C15H25N3/c1-13-6-8-15(11-13,12-16)18(2)10-7-14-5-3-4-9-17-14/h3-5,9,13H,6-8,10-12,16H2,1-2H3. The zero-order chi connectivity index (χ0) is 13.0. The zero-order valence-corrected chi connectivity index (χ0v) is 11.6. The summed E-state index contributed by atoms with van der Waals surface area (Å²) in [5.74, 6) is 0.811. The van der Waals surface area contributed by atoms with Crippen LogP contribution in [0.1, 0.15) is 31.9 Å². The second-order valence-corrected chi connectivity index (χ2v) is 5.77. The molecule has 0 saturated heterocycles. The Balaban J connectivity index is 1.92. The molecule has 1 heterocycles. The number of aromatic nitrogens is 1. The number of hydrogen-bond donors (Lipinski definition) is 1. The van der Waals surface area contributed by atoms with Crippen LogP contribution in [-0.2, 0) is 6.42 Å². The van der Waals surface area contributed by atoms with Crippen LogP contribution in [0.4, 0.5) is 0 Å².